The third-order valence-electron chi connectivity index (χ3n) is 5.54. The van der Waals surface area contributed by atoms with Crippen molar-refractivity contribution in [2.45, 2.75) is 57.2 Å². The van der Waals surface area contributed by atoms with Gasteiger partial charge in [-0.1, -0.05) is 6.42 Å². The number of aryl methyl sites for hydroxylation is 2. The maximum atomic E-state index is 13.2. The fourth-order valence-electron chi connectivity index (χ4n) is 4.21. The predicted molar refractivity (Wildman–Crippen MR) is 93.7 cm³/mol. The zero-order valence-corrected chi connectivity index (χ0v) is 15.7. The first-order valence-corrected chi connectivity index (χ1v) is 9.66. The number of aromatic nitrogens is 5. The molecule has 2 aliphatic heterocycles. The van der Waals surface area contributed by atoms with E-state index < -0.39 is 23.3 Å². The highest BCUT2D eigenvalue weighted by molar-refractivity contribution is 5.95. The molecule has 1 amide bonds. The highest BCUT2D eigenvalue weighted by atomic mass is 19.4. The SMILES string of the molecule is Cn1cc(C(=O)N2CCCC(c3nnc4n3CCCCC4)C2)c(C(F)(F)F)n1. The number of fused-ring (bicyclic) bond motifs is 1. The molecule has 2 aliphatic rings. The first kappa shape index (κ1) is 18.9. The molecule has 0 aromatic carbocycles. The Bertz CT molecular complexity index is 871. The largest absolute Gasteiger partial charge is 0.435 e. The van der Waals surface area contributed by atoms with E-state index in [2.05, 4.69) is 19.9 Å². The van der Waals surface area contributed by atoms with Crippen LogP contribution in [0.3, 0.4) is 0 Å². The number of hydrogen-bond donors (Lipinski definition) is 0. The molecule has 0 saturated carbocycles. The monoisotopic (exact) mass is 396 g/mol. The van der Waals surface area contributed by atoms with Crippen LogP contribution in [0.25, 0.3) is 0 Å². The van der Waals surface area contributed by atoms with Crippen molar-refractivity contribution in [3.05, 3.63) is 29.1 Å². The predicted octanol–water partition coefficient (Wildman–Crippen LogP) is 2.78. The third-order valence-corrected chi connectivity index (χ3v) is 5.54. The fraction of sp³-hybridized carbons (Fsp3) is 0.667. The van der Waals surface area contributed by atoms with Gasteiger partial charge in [0.15, 0.2) is 5.69 Å². The van der Waals surface area contributed by atoms with Crippen LogP contribution in [0.2, 0.25) is 0 Å². The minimum atomic E-state index is -4.66. The number of alkyl halides is 3. The van der Waals surface area contributed by atoms with E-state index in [0.29, 0.717) is 13.1 Å². The van der Waals surface area contributed by atoms with Gasteiger partial charge in [-0.2, -0.15) is 18.3 Å². The van der Waals surface area contributed by atoms with E-state index in [0.717, 1.165) is 67.6 Å². The molecule has 1 fully saturated rings. The van der Waals surface area contributed by atoms with Crippen molar-refractivity contribution in [2.24, 2.45) is 7.05 Å². The number of piperidine rings is 1. The van der Waals surface area contributed by atoms with E-state index in [9.17, 15) is 18.0 Å². The smallest absolute Gasteiger partial charge is 0.338 e. The molecule has 0 bridgehead atoms. The summed E-state index contributed by atoms with van der Waals surface area (Å²) in [5.41, 5.74) is -1.52. The molecule has 2 aromatic rings. The molecule has 0 spiro atoms. The minimum Gasteiger partial charge on any atom is -0.338 e. The molecule has 152 valence electrons. The van der Waals surface area contributed by atoms with Crippen LogP contribution < -0.4 is 0 Å². The molecule has 10 heteroatoms. The van der Waals surface area contributed by atoms with Crippen molar-refractivity contribution in [1.82, 2.24) is 29.4 Å². The summed E-state index contributed by atoms with van der Waals surface area (Å²) in [4.78, 5) is 14.4. The fourth-order valence-corrected chi connectivity index (χ4v) is 4.21. The van der Waals surface area contributed by atoms with Crippen molar-refractivity contribution < 1.29 is 18.0 Å². The number of likely N-dealkylation sites (tertiary alicyclic amines) is 1. The van der Waals surface area contributed by atoms with E-state index in [1.165, 1.54) is 11.9 Å². The van der Waals surface area contributed by atoms with Crippen molar-refractivity contribution in [3.8, 4) is 0 Å². The van der Waals surface area contributed by atoms with Gasteiger partial charge in [0, 0.05) is 45.2 Å². The summed E-state index contributed by atoms with van der Waals surface area (Å²) < 4.78 is 42.9. The van der Waals surface area contributed by atoms with Gasteiger partial charge in [-0.15, -0.1) is 10.2 Å². The molecular weight excluding hydrogens is 373 g/mol. The van der Waals surface area contributed by atoms with Crippen molar-refractivity contribution in [2.75, 3.05) is 13.1 Å². The highest BCUT2D eigenvalue weighted by Gasteiger charge is 2.40. The average Bonchev–Trinajstić information content (AvgIpc) is 3.17. The lowest BCUT2D eigenvalue weighted by molar-refractivity contribution is -0.141. The Morgan fingerprint density at radius 1 is 1.14 bits per heavy atom. The summed E-state index contributed by atoms with van der Waals surface area (Å²) >= 11 is 0. The normalized spacial score (nSPS) is 20.7. The summed E-state index contributed by atoms with van der Waals surface area (Å²) in [5, 5.41) is 12.1. The lowest BCUT2D eigenvalue weighted by Gasteiger charge is -2.32. The standard InChI is InChI=1S/C18H23F3N6O/c1-25-11-13(15(24-25)18(19,20)21)17(28)26-8-5-6-12(10-26)16-23-22-14-7-3-2-4-9-27(14)16/h11-12H,2-10H2,1H3. The second-order valence-corrected chi connectivity index (χ2v) is 7.59. The second-order valence-electron chi connectivity index (χ2n) is 7.59. The topological polar surface area (TPSA) is 68.8 Å². The maximum absolute atomic E-state index is 13.2. The number of amides is 1. The molecular formula is C18H23F3N6O. The zero-order valence-electron chi connectivity index (χ0n) is 15.7. The van der Waals surface area contributed by atoms with Crippen LogP contribution in [0.15, 0.2) is 6.20 Å². The number of nitrogens with zero attached hydrogens (tertiary/aromatic N) is 6. The molecule has 1 atom stereocenters. The second kappa shape index (κ2) is 7.21. The van der Waals surface area contributed by atoms with Gasteiger partial charge < -0.3 is 9.47 Å². The Morgan fingerprint density at radius 2 is 1.96 bits per heavy atom. The summed E-state index contributed by atoms with van der Waals surface area (Å²) in [6.07, 6.45) is 2.27. The number of carbonyl (C=O) groups is 1. The van der Waals surface area contributed by atoms with Crippen LogP contribution in [0.1, 0.15) is 65.7 Å². The average molecular weight is 396 g/mol. The Labute approximate surface area is 160 Å². The van der Waals surface area contributed by atoms with Crippen LogP contribution >= 0.6 is 0 Å². The van der Waals surface area contributed by atoms with Crippen molar-refractivity contribution in [1.29, 1.82) is 0 Å². The molecule has 2 aromatic heterocycles. The van der Waals surface area contributed by atoms with E-state index in [1.807, 2.05) is 0 Å². The molecule has 1 unspecified atom stereocenters. The third kappa shape index (κ3) is 3.51. The first-order valence-electron chi connectivity index (χ1n) is 9.66. The van der Waals surface area contributed by atoms with Gasteiger partial charge in [0.2, 0.25) is 0 Å². The van der Waals surface area contributed by atoms with Crippen LogP contribution in [-0.2, 0) is 26.2 Å². The molecule has 4 rings (SSSR count). The zero-order chi connectivity index (χ0) is 19.9. The van der Waals surface area contributed by atoms with E-state index >= 15 is 0 Å². The lowest BCUT2D eigenvalue weighted by Crippen LogP contribution is -2.40. The Morgan fingerprint density at radius 3 is 2.75 bits per heavy atom. The molecule has 7 nitrogen and oxygen atoms in total. The maximum Gasteiger partial charge on any atom is 0.435 e. The Balaban J connectivity index is 1.57. The molecule has 1 saturated heterocycles. The Hall–Kier alpha value is -2.39. The van der Waals surface area contributed by atoms with Gasteiger partial charge in [-0.25, -0.2) is 0 Å². The summed E-state index contributed by atoms with van der Waals surface area (Å²) in [6.45, 7) is 1.65. The molecule has 0 radical (unpaired) electrons. The number of hydrogen-bond acceptors (Lipinski definition) is 4. The van der Waals surface area contributed by atoms with E-state index in [4.69, 9.17) is 0 Å². The molecule has 0 aliphatic carbocycles. The van der Waals surface area contributed by atoms with Gasteiger partial charge in [0.05, 0.1) is 5.56 Å². The highest BCUT2D eigenvalue weighted by Crippen LogP contribution is 2.33. The van der Waals surface area contributed by atoms with Crippen molar-refractivity contribution in [3.63, 3.8) is 0 Å². The number of carbonyl (C=O) groups excluding carboxylic acids is 1. The molecule has 4 heterocycles. The van der Waals surface area contributed by atoms with Gasteiger partial charge in [-0.05, 0) is 25.7 Å². The molecule has 0 N–H and O–H groups in total. The number of halogens is 3. The van der Waals surface area contributed by atoms with Crippen molar-refractivity contribution >= 4 is 5.91 Å². The van der Waals surface area contributed by atoms with Gasteiger partial charge in [0.1, 0.15) is 11.6 Å². The summed E-state index contributed by atoms with van der Waals surface area (Å²) in [5.74, 6) is 1.20. The quantitative estimate of drug-likeness (QED) is 0.783. The van der Waals surface area contributed by atoms with Crippen LogP contribution in [0.5, 0.6) is 0 Å². The van der Waals surface area contributed by atoms with Crippen LogP contribution in [0, 0.1) is 0 Å². The van der Waals surface area contributed by atoms with Gasteiger partial charge in [0.25, 0.3) is 5.91 Å². The summed E-state index contributed by atoms with van der Waals surface area (Å²) in [6, 6.07) is 0. The lowest BCUT2D eigenvalue weighted by atomic mass is 9.96. The van der Waals surface area contributed by atoms with E-state index in [-0.39, 0.29) is 5.92 Å². The van der Waals surface area contributed by atoms with Crippen LogP contribution in [0.4, 0.5) is 13.2 Å². The Kier molecular flexibility index (Phi) is 4.88. The first-order chi connectivity index (χ1) is 13.3. The van der Waals surface area contributed by atoms with E-state index in [1.54, 1.807) is 0 Å². The van der Waals surface area contributed by atoms with Crippen LogP contribution in [-0.4, -0.2) is 48.4 Å². The minimum absolute atomic E-state index is 0.0111. The summed E-state index contributed by atoms with van der Waals surface area (Å²) in [7, 11) is 1.39. The molecule has 28 heavy (non-hydrogen) atoms. The van der Waals surface area contributed by atoms with Gasteiger partial charge >= 0.3 is 6.18 Å². The number of rotatable bonds is 2. The van der Waals surface area contributed by atoms with Gasteiger partial charge in [-0.3, -0.25) is 9.48 Å².